The SMILES string of the molecule is CCN(CC(=O)Nc1cccc(OC)c1)C(=O)c1cccnc1SCc1ccc(F)cc1. The van der Waals surface area contributed by atoms with Crippen LogP contribution in [0.5, 0.6) is 5.75 Å². The van der Waals surface area contributed by atoms with Gasteiger partial charge in [0.05, 0.1) is 12.7 Å². The van der Waals surface area contributed by atoms with Crippen molar-refractivity contribution in [3.05, 3.63) is 83.8 Å². The first kappa shape index (κ1) is 23.3. The van der Waals surface area contributed by atoms with Gasteiger partial charge in [0.25, 0.3) is 5.91 Å². The van der Waals surface area contributed by atoms with Crippen molar-refractivity contribution < 1.29 is 18.7 Å². The van der Waals surface area contributed by atoms with Crippen LogP contribution in [0.3, 0.4) is 0 Å². The second-order valence-corrected chi connectivity index (χ2v) is 7.83. The van der Waals surface area contributed by atoms with Gasteiger partial charge in [-0.25, -0.2) is 9.37 Å². The van der Waals surface area contributed by atoms with E-state index in [1.807, 2.05) is 6.92 Å². The Morgan fingerprint density at radius 1 is 1.12 bits per heavy atom. The van der Waals surface area contributed by atoms with Gasteiger partial charge in [-0.1, -0.05) is 18.2 Å². The second kappa shape index (κ2) is 11.3. The molecular formula is C24H24FN3O3S. The summed E-state index contributed by atoms with van der Waals surface area (Å²) < 4.78 is 18.3. The van der Waals surface area contributed by atoms with Crippen LogP contribution >= 0.6 is 11.8 Å². The molecule has 32 heavy (non-hydrogen) atoms. The van der Waals surface area contributed by atoms with E-state index in [2.05, 4.69) is 10.3 Å². The maximum atomic E-state index is 13.2. The Morgan fingerprint density at radius 2 is 1.91 bits per heavy atom. The number of methoxy groups -OCH3 is 1. The van der Waals surface area contributed by atoms with Gasteiger partial charge < -0.3 is 15.0 Å². The molecule has 0 bridgehead atoms. The number of pyridine rings is 1. The quantitative estimate of drug-likeness (QED) is 0.479. The Hall–Kier alpha value is -3.39. The first-order valence-electron chi connectivity index (χ1n) is 10.1. The molecule has 2 aromatic carbocycles. The van der Waals surface area contributed by atoms with Crippen molar-refractivity contribution in [3.63, 3.8) is 0 Å². The van der Waals surface area contributed by atoms with Gasteiger partial charge in [0.2, 0.25) is 5.91 Å². The summed E-state index contributed by atoms with van der Waals surface area (Å²) in [5, 5.41) is 3.35. The molecule has 0 aliphatic rings. The molecule has 0 fully saturated rings. The average Bonchev–Trinajstić information content (AvgIpc) is 2.82. The van der Waals surface area contributed by atoms with Gasteiger partial charge in [0.15, 0.2) is 0 Å². The van der Waals surface area contributed by atoms with Gasteiger partial charge in [-0.05, 0) is 48.9 Å². The molecule has 8 heteroatoms. The first-order valence-corrected chi connectivity index (χ1v) is 11.0. The predicted octanol–water partition coefficient (Wildman–Crippen LogP) is 4.62. The maximum Gasteiger partial charge on any atom is 0.257 e. The average molecular weight is 454 g/mol. The molecule has 1 heterocycles. The normalized spacial score (nSPS) is 10.5. The molecule has 0 atom stereocenters. The van der Waals surface area contributed by atoms with E-state index in [-0.39, 0.29) is 24.2 Å². The predicted molar refractivity (Wildman–Crippen MR) is 123 cm³/mol. The summed E-state index contributed by atoms with van der Waals surface area (Å²) in [5.74, 6) is 0.295. The van der Waals surface area contributed by atoms with Gasteiger partial charge in [-0.3, -0.25) is 9.59 Å². The summed E-state index contributed by atoms with van der Waals surface area (Å²) in [4.78, 5) is 31.5. The molecule has 166 valence electrons. The van der Waals surface area contributed by atoms with Crippen molar-refractivity contribution in [2.75, 3.05) is 25.5 Å². The topological polar surface area (TPSA) is 71.5 Å². The molecule has 0 unspecified atom stereocenters. The molecule has 0 radical (unpaired) electrons. The molecule has 0 spiro atoms. The molecule has 2 amide bonds. The van der Waals surface area contributed by atoms with Crippen LogP contribution < -0.4 is 10.1 Å². The van der Waals surface area contributed by atoms with E-state index in [0.717, 1.165) is 5.56 Å². The third-order valence-corrected chi connectivity index (χ3v) is 5.72. The number of anilines is 1. The van der Waals surface area contributed by atoms with Crippen LogP contribution in [-0.2, 0) is 10.5 Å². The molecule has 0 saturated heterocycles. The molecule has 3 aromatic rings. The third kappa shape index (κ3) is 6.31. The highest BCUT2D eigenvalue weighted by molar-refractivity contribution is 7.98. The minimum absolute atomic E-state index is 0.0937. The van der Waals surface area contributed by atoms with Crippen molar-refractivity contribution in [1.29, 1.82) is 0 Å². The number of nitrogens with zero attached hydrogens (tertiary/aromatic N) is 2. The minimum atomic E-state index is -0.308. The largest absolute Gasteiger partial charge is 0.497 e. The van der Waals surface area contributed by atoms with Crippen LogP contribution in [0.1, 0.15) is 22.8 Å². The summed E-state index contributed by atoms with van der Waals surface area (Å²) in [5.41, 5.74) is 1.94. The fourth-order valence-corrected chi connectivity index (χ4v) is 3.92. The number of carbonyl (C=O) groups is 2. The lowest BCUT2D eigenvalue weighted by molar-refractivity contribution is -0.116. The number of halogens is 1. The second-order valence-electron chi connectivity index (χ2n) is 6.87. The van der Waals surface area contributed by atoms with Gasteiger partial charge in [-0.2, -0.15) is 0 Å². The fourth-order valence-electron chi connectivity index (χ4n) is 2.97. The summed E-state index contributed by atoms with van der Waals surface area (Å²) in [7, 11) is 1.55. The zero-order valence-electron chi connectivity index (χ0n) is 17.9. The molecule has 3 rings (SSSR count). The summed E-state index contributed by atoms with van der Waals surface area (Å²) in [6, 6.07) is 16.6. The molecule has 6 nitrogen and oxygen atoms in total. The van der Waals surface area contributed by atoms with Crippen LogP contribution in [0.25, 0.3) is 0 Å². The van der Waals surface area contributed by atoms with E-state index >= 15 is 0 Å². The smallest absolute Gasteiger partial charge is 0.257 e. The molecular weight excluding hydrogens is 429 g/mol. The number of ether oxygens (including phenoxy) is 1. The van der Waals surface area contributed by atoms with Gasteiger partial charge in [0, 0.05) is 30.2 Å². The monoisotopic (exact) mass is 453 g/mol. The minimum Gasteiger partial charge on any atom is -0.497 e. The Labute approximate surface area is 190 Å². The van der Waals surface area contributed by atoms with Crippen molar-refractivity contribution in [2.45, 2.75) is 17.7 Å². The Kier molecular flexibility index (Phi) is 8.21. The summed E-state index contributed by atoms with van der Waals surface area (Å²) >= 11 is 1.39. The number of rotatable bonds is 9. The van der Waals surface area contributed by atoms with Crippen molar-refractivity contribution in [1.82, 2.24) is 9.88 Å². The van der Waals surface area contributed by atoms with Gasteiger partial charge >= 0.3 is 0 Å². The summed E-state index contributed by atoms with van der Waals surface area (Å²) in [6.45, 7) is 2.09. The van der Waals surface area contributed by atoms with Crippen LogP contribution in [0.2, 0.25) is 0 Å². The molecule has 0 saturated carbocycles. The van der Waals surface area contributed by atoms with E-state index < -0.39 is 0 Å². The van der Waals surface area contributed by atoms with E-state index in [9.17, 15) is 14.0 Å². The van der Waals surface area contributed by atoms with E-state index in [4.69, 9.17) is 4.74 Å². The lowest BCUT2D eigenvalue weighted by Gasteiger charge is -2.21. The van der Waals surface area contributed by atoms with Gasteiger partial charge in [-0.15, -0.1) is 11.8 Å². The Morgan fingerprint density at radius 3 is 2.62 bits per heavy atom. The highest BCUT2D eigenvalue weighted by Gasteiger charge is 2.21. The number of likely N-dealkylation sites (N-methyl/N-ethyl adjacent to an activating group) is 1. The number of carbonyl (C=O) groups excluding carboxylic acids is 2. The zero-order valence-corrected chi connectivity index (χ0v) is 18.7. The Bertz CT molecular complexity index is 1080. The number of amides is 2. The number of thioether (sulfide) groups is 1. The number of nitrogens with one attached hydrogen (secondary N) is 1. The van der Waals surface area contributed by atoms with E-state index in [1.54, 1.807) is 61.8 Å². The number of benzene rings is 2. The highest BCUT2D eigenvalue weighted by atomic mass is 32.2. The number of aromatic nitrogens is 1. The zero-order chi connectivity index (χ0) is 22.9. The molecule has 0 aliphatic heterocycles. The van der Waals surface area contributed by atoms with E-state index in [1.165, 1.54) is 28.8 Å². The fraction of sp³-hybridized carbons (Fsp3) is 0.208. The third-order valence-electron chi connectivity index (χ3n) is 4.65. The molecule has 1 aromatic heterocycles. The van der Waals surface area contributed by atoms with Crippen LogP contribution in [-0.4, -0.2) is 41.9 Å². The van der Waals surface area contributed by atoms with Crippen LogP contribution in [0.4, 0.5) is 10.1 Å². The van der Waals surface area contributed by atoms with Crippen molar-refractivity contribution >= 4 is 29.3 Å². The van der Waals surface area contributed by atoms with Crippen LogP contribution in [0, 0.1) is 5.82 Å². The molecule has 1 N–H and O–H groups in total. The standard InChI is InChI=1S/C24H24FN3O3S/c1-3-28(15-22(29)27-19-6-4-7-20(14-19)31-2)24(30)21-8-5-13-26-23(21)32-16-17-9-11-18(25)12-10-17/h4-14H,3,15-16H2,1-2H3,(H,27,29). The van der Waals surface area contributed by atoms with Crippen LogP contribution in [0.15, 0.2) is 71.9 Å². The van der Waals surface area contributed by atoms with E-state index in [0.29, 0.717) is 34.3 Å². The van der Waals surface area contributed by atoms with Crippen molar-refractivity contribution in [2.24, 2.45) is 0 Å². The molecule has 0 aliphatic carbocycles. The number of hydrogen-bond acceptors (Lipinski definition) is 5. The first-order chi connectivity index (χ1) is 15.5. The maximum absolute atomic E-state index is 13.2. The van der Waals surface area contributed by atoms with Crippen molar-refractivity contribution in [3.8, 4) is 5.75 Å². The summed E-state index contributed by atoms with van der Waals surface area (Å²) in [6.07, 6.45) is 1.62. The van der Waals surface area contributed by atoms with Gasteiger partial charge in [0.1, 0.15) is 23.1 Å². The Balaban J connectivity index is 1.67. The lowest BCUT2D eigenvalue weighted by Crippen LogP contribution is -2.38. The number of hydrogen-bond donors (Lipinski definition) is 1. The highest BCUT2D eigenvalue weighted by Crippen LogP contribution is 2.25. The lowest BCUT2D eigenvalue weighted by atomic mass is 10.2.